The summed E-state index contributed by atoms with van der Waals surface area (Å²) in [5.41, 5.74) is 0. The van der Waals surface area contributed by atoms with Gasteiger partial charge in [0.05, 0.1) is 12.7 Å². The van der Waals surface area contributed by atoms with Crippen LogP contribution in [0.25, 0.3) is 0 Å². The van der Waals surface area contributed by atoms with Crippen molar-refractivity contribution in [2.75, 3.05) is 26.3 Å². The van der Waals surface area contributed by atoms with Gasteiger partial charge in [0.1, 0.15) is 12.4 Å². The highest BCUT2D eigenvalue weighted by molar-refractivity contribution is 5.20. The lowest BCUT2D eigenvalue weighted by Gasteiger charge is -2.15. The fourth-order valence-corrected chi connectivity index (χ4v) is 1.61. The van der Waals surface area contributed by atoms with E-state index >= 15 is 0 Å². The zero-order chi connectivity index (χ0) is 10.3. The Bertz CT molecular complexity index is 268. The third-order valence-electron chi connectivity index (χ3n) is 2.45. The molecule has 3 heteroatoms. The summed E-state index contributed by atoms with van der Waals surface area (Å²) < 4.78 is 11.3. The van der Waals surface area contributed by atoms with Gasteiger partial charge in [-0.1, -0.05) is 18.2 Å². The third kappa shape index (κ3) is 3.53. The Morgan fingerprint density at radius 1 is 1.27 bits per heavy atom. The molecule has 3 nitrogen and oxygen atoms in total. The summed E-state index contributed by atoms with van der Waals surface area (Å²) in [4.78, 5) is 0. The molecule has 1 unspecified atom stereocenters. The first-order valence-electron chi connectivity index (χ1n) is 5.45. The summed E-state index contributed by atoms with van der Waals surface area (Å²) in [6.45, 7) is 3.39. The van der Waals surface area contributed by atoms with Crippen LogP contribution in [0.2, 0.25) is 0 Å². The summed E-state index contributed by atoms with van der Waals surface area (Å²) in [5.74, 6) is 0.915. The van der Waals surface area contributed by atoms with E-state index in [9.17, 15) is 0 Å². The highest BCUT2D eigenvalue weighted by Gasteiger charge is 2.12. The molecule has 1 saturated heterocycles. The van der Waals surface area contributed by atoms with Crippen LogP contribution in [0, 0.1) is 0 Å². The topological polar surface area (TPSA) is 30.5 Å². The Labute approximate surface area is 90.4 Å². The molecule has 0 bridgehead atoms. The van der Waals surface area contributed by atoms with Gasteiger partial charge in [-0.25, -0.2) is 0 Å². The molecule has 0 aliphatic carbocycles. The fraction of sp³-hybridized carbons (Fsp3) is 0.500. The Morgan fingerprint density at radius 3 is 3.00 bits per heavy atom. The summed E-state index contributed by atoms with van der Waals surface area (Å²) in [6.07, 6.45) is 1.24. The van der Waals surface area contributed by atoms with Crippen molar-refractivity contribution in [1.82, 2.24) is 5.32 Å². The van der Waals surface area contributed by atoms with Crippen molar-refractivity contribution in [2.24, 2.45) is 0 Å². The van der Waals surface area contributed by atoms with Crippen LogP contribution in [0.1, 0.15) is 6.42 Å². The maximum Gasteiger partial charge on any atom is 0.119 e. The second-order valence-electron chi connectivity index (χ2n) is 3.66. The maximum atomic E-state index is 5.65. The molecule has 1 atom stereocenters. The number of ether oxygens (including phenoxy) is 2. The normalized spacial score (nSPS) is 22.0. The zero-order valence-electron chi connectivity index (χ0n) is 8.82. The lowest BCUT2D eigenvalue weighted by molar-refractivity contribution is 0.0296. The maximum absolute atomic E-state index is 5.65. The molecule has 1 aromatic rings. The highest BCUT2D eigenvalue weighted by Crippen LogP contribution is 2.10. The summed E-state index contributed by atoms with van der Waals surface area (Å²) in [6, 6.07) is 9.87. The number of nitrogens with one attached hydrogen (secondary N) is 1. The van der Waals surface area contributed by atoms with Gasteiger partial charge in [0.2, 0.25) is 0 Å². The average molecular weight is 207 g/mol. The standard InChI is InChI=1S/C12H17NO2/c1-2-4-11(5-3-1)15-10-12-6-7-13-8-9-14-12/h1-5,12-13H,6-10H2. The van der Waals surface area contributed by atoms with E-state index in [1.54, 1.807) is 0 Å². The van der Waals surface area contributed by atoms with Gasteiger partial charge in [0, 0.05) is 6.54 Å². The highest BCUT2D eigenvalue weighted by atomic mass is 16.5. The Hall–Kier alpha value is -1.06. The zero-order valence-corrected chi connectivity index (χ0v) is 8.82. The Balaban J connectivity index is 1.77. The first kappa shape index (κ1) is 10.5. The minimum atomic E-state index is 0.222. The third-order valence-corrected chi connectivity index (χ3v) is 2.45. The number of hydrogen-bond donors (Lipinski definition) is 1. The van der Waals surface area contributed by atoms with Crippen molar-refractivity contribution in [3.63, 3.8) is 0 Å². The van der Waals surface area contributed by atoms with Gasteiger partial charge in [-0.2, -0.15) is 0 Å². The molecule has 0 saturated carbocycles. The van der Waals surface area contributed by atoms with Crippen molar-refractivity contribution in [2.45, 2.75) is 12.5 Å². The van der Waals surface area contributed by atoms with Gasteiger partial charge in [-0.05, 0) is 25.1 Å². The smallest absolute Gasteiger partial charge is 0.119 e. The number of hydrogen-bond acceptors (Lipinski definition) is 3. The van der Waals surface area contributed by atoms with Crippen LogP contribution in [0.4, 0.5) is 0 Å². The van der Waals surface area contributed by atoms with Crippen LogP contribution in [0.5, 0.6) is 5.75 Å². The van der Waals surface area contributed by atoms with E-state index < -0.39 is 0 Å². The van der Waals surface area contributed by atoms with E-state index in [1.807, 2.05) is 30.3 Å². The fourth-order valence-electron chi connectivity index (χ4n) is 1.61. The SMILES string of the molecule is c1ccc(OCC2CCNCCO2)cc1. The molecule has 1 N–H and O–H groups in total. The van der Waals surface area contributed by atoms with Gasteiger partial charge >= 0.3 is 0 Å². The summed E-state index contributed by atoms with van der Waals surface area (Å²) >= 11 is 0. The van der Waals surface area contributed by atoms with Crippen molar-refractivity contribution >= 4 is 0 Å². The van der Waals surface area contributed by atoms with Gasteiger partial charge in [-0.15, -0.1) is 0 Å². The average Bonchev–Trinajstić information content (AvgIpc) is 2.56. The van der Waals surface area contributed by atoms with E-state index in [0.29, 0.717) is 6.61 Å². The van der Waals surface area contributed by atoms with Crippen LogP contribution in [-0.2, 0) is 4.74 Å². The van der Waals surface area contributed by atoms with Crippen molar-refractivity contribution in [3.05, 3.63) is 30.3 Å². The molecular formula is C12H17NO2. The molecule has 82 valence electrons. The monoisotopic (exact) mass is 207 g/mol. The van der Waals surface area contributed by atoms with E-state index in [2.05, 4.69) is 5.32 Å². The second kappa shape index (κ2) is 5.73. The molecule has 2 rings (SSSR count). The quantitative estimate of drug-likeness (QED) is 0.813. The van der Waals surface area contributed by atoms with Gasteiger partial charge in [0.25, 0.3) is 0 Å². The van der Waals surface area contributed by atoms with Gasteiger partial charge in [-0.3, -0.25) is 0 Å². The van der Waals surface area contributed by atoms with Crippen LogP contribution in [-0.4, -0.2) is 32.4 Å². The molecule has 0 amide bonds. The lowest BCUT2D eigenvalue weighted by atomic mass is 10.2. The van der Waals surface area contributed by atoms with E-state index in [1.165, 1.54) is 0 Å². The van der Waals surface area contributed by atoms with E-state index in [-0.39, 0.29) is 6.10 Å². The molecular weight excluding hydrogens is 190 g/mol. The molecule has 1 aliphatic heterocycles. The predicted octanol–water partition coefficient (Wildman–Crippen LogP) is 1.44. The van der Waals surface area contributed by atoms with E-state index in [4.69, 9.17) is 9.47 Å². The molecule has 15 heavy (non-hydrogen) atoms. The Kier molecular flexibility index (Phi) is 4.00. The van der Waals surface area contributed by atoms with E-state index in [0.717, 1.165) is 31.9 Å². The number of rotatable bonds is 3. The van der Waals surface area contributed by atoms with Crippen LogP contribution >= 0.6 is 0 Å². The second-order valence-corrected chi connectivity index (χ2v) is 3.66. The molecule has 1 heterocycles. The van der Waals surface area contributed by atoms with Crippen molar-refractivity contribution in [1.29, 1.82) is 0 Å². The van der Waals surface area contributed by atoms with Crippen molar-refractivity contribution < 1.29 is 9.47 Å². The molecule has 1 aromatic carbocycles. The molecule has 0 spiro atoms. The number of para-hydroxylation sites is 1. The van der Waals surface area contributed by atoms with Crippen LogP contribution in [0.3, 0.4) is 0 Å². The Morgan fingerprint density at radius 2 is 2.13 bits per heavy atom. The summed E-state index contributed by atoms with van der Waals surface area (Å²) in [7, 11) is 0. The minimum Gasteiger partial charge on any atom is -0.491 e. The first-order valence-corrected chi connectivity index (χ1v) is 5.45. The van der Waals surface area contributed by atoms with Crippen LogP contribution in [0.15, 0.2) is 30.3 Å². The molecule has 1 aliphatic rings. The largest absolute Gasteiger partial charge is 0.491 e. The molecule has 0 radical (unpaired) electrons. The molecule has 1 fully saturated rings. The number of benzene rings is 1. The van der Waals surface area contributed by atoms with Crippen molar-refractivity contribution in [3.8, 4) is 5.75 Å². The van der Waals surface area contributed by atoms with Gasteiger partial charge in [0.15, 0.2) is 0 Å². The predicted molar refractivity (Wildman–Crippen MR) is 59.2 cm³/mol. The lowest BCUT2D eigenvalue weighted by Crippen LogP contribution is -2.22. The van der Waals surface area contributed by atoms with Crippen LogP contribution < -0.4 is 10.1 Å². The molecule has 0 aromatic heterocycles. The summed E-state index contributed by atoms with van der Waals surface area (Å²) in [5, 5.41) is 3.29. The van der Waals surface area contributed by atoms with Gasteiger partial charge < -0.3 is 14.8 Å². The minimum absolute atomic E-state index is 0.222. The first-order chi connectivity index (χ1) is 7.45.